The predicted molar refractivity (Wildman–Crippen MR) is 66.3 cm³/mol. The molecule has 0 radical (unpaired) electrons. The molecule has 0 unspecified atom stereocenters. The third-order valence-electron chi connectivity index (χ3n) is 2.37. The van der Waals surface area contributed by atoms with E-state index in [4.69, 9.17) is 4.74 Å². The largest absolute Gasteiger partial charge is 0.380 e. The Balaban J connectivity index is 1.89. The summed E-state index contributed by atoms with van der Waals surface area (Å²) in [5, 5.41) is 3.33. The summed E-state index contributed by atoms with van der Waals surface area (Å²) in [6, 6.07) is 4.03. The van der Waals surface area contributed by atoms with Crippen molar-refractivity contribution in [1.29, 1.82) is 0 Å². The molecule has 0 amide bonds. The second kappa shape index (κ2) is 9.31. The highest BCUT2D eigenvalue weighted by Crippen LogP contribution is 1.95. The molecule has 0 spiro atoms. The Hall–Kier alpha value is -0.930. The van der Waals surface area contributed by atoms with Gasteiger partial charge in [0.15, 0.2) is 0 Å². The Morgan fingerprint density at radius 2 is 2.25 bits per heavy atom. The SMILES string of the molecule is CCCCCOCCNCc1cccnc1. The van der Waals surface area contributed by atoms with Crippen LogP contribution in [0.25, 0.3) is 0 Å². The number of hydrogen-bond acceptors (Lipinski definition) is 3. The smallest absolute Gasteiger partial charge is 0.0591 e. The summed E-state index contributed by atoms with van der Waals surface area (Å²) in [5.41, 5.74) is 1.22. The molecule has 0 fully saturated rings. The fourth-order valence-corrected chi connectivity index (χ4v) is 1.44. The van der Waals surface area contributed by atoms with E-state index >= 15 is 0 Å². The summed E-state index contributed by atoms with van der Waals surface area (Å²) in [4.78, 5) is 4.06. The van der Waals surface area contributed by atoms with E-state index in [1.54, 1.807) is 6.20 Å². The van der Waals surface area contributed by atoms with Crippen molar-refractivity contribution in [1.82, 2.24) is 10.3 Å². The Kier molecular flexibility index (Phi) is 7.64. The van der Waals surface area contributed by atoms with Crippen LogP contribution >= 0.6 is 0 Å². The van der Waals surface area contributed by atoms with Gasteiger partial charge in [-0.1, -0.05) is 25.8 Å². The number of nitrogens with zero attached hydrogens (tertiary/aromatic N) is 1. The predicted octanol–water partition coefficient (Wildman–Crippen LogP) is 2.38. The number of pyridine rings is 1. The molecule has 1 heterocycles. The fourth-order valence-electron chi connectivity index (χ4n) is 1.44. The molecule has 1 N–H and O–H groups in total. The second-order valence-electron chi connectivity index (χ2n) is 3.86. The number of hydrogen-bond donors (Lipinski definition) is 1. The highest BCUT2D eigenvalue weighted by molar-refractivity contribution is 5.07. The number of nitrogens with one attached hydrogen (secondary N) is 1. The zero-order valence-corrected chi connectivity index (χ0v) is 10.1. The molecule has 0 bridgehead atoms. The molecule has 1 aromatic heterocycles. The van der Waals surface area contributed by atoms with Crippen molar-refractivity contribution in [2.75, 3.05) is 19.8 Å². The summed E-state index contributed by atoms with van der Waals surface area (Å²) < 4.78 is 5.50. The Morgan fingerprint density at radius 1 is 1.31 bits per heavy atom. The average Bonchev–Trinajstić information content (AvgIpc) is 2.34. The van der Waals surface area contributed by atoms with E-state index < -0.39 is 0 Å². The molecule has 0 saturated heterocycles. The summed E-state index contributed by atoms with van der Waals surface area (Å²) in [7, 11) is 0. The van der Waals surface area contributed by atoms with E-state index in [9.17, 15) is 0 Å². The second-order valence-corrected chi connectivity index (χ2v) is 3.86. The van der Waals surface area contributed by atoms with E-state index in [-0.39, 0.29) is 0 Å². The minimum atomic E-state index is 0.796. The maximum absolute atomic E-state index is 5.50. The molecule has 1 aromatic rings. The molecule has 3 nitrogen and oxygen atoms in total. The number of rotatable bonds is 9. The molecule has 16 heavy (non-hydrogen) atoms. The van der Waals surface area contributed by atoms with Gasteiger partial charge in [0, 0.05) is 32.1 Å². The van der Waals surface area contributed by atoms with Crippen molar-refractivity contribution >= 4 is 0 Å². The Labute approximate surface area is 98.2 Å². The Morgan fingerprint density at radius 3 is 3.00 bits per heavy atom. The molecular formula is C13H22N2O. The lowest BCUT2D eigenvalue weighted by molar-refractivity contribution is 0.132. The van der Waals surface area contributed by atoms with Crippen LogP contribution in [0.4, 0.5) is 0 Å². The van der Waals surface area contributed by atoms with Crippen LogP contribution in [0.5, 0.6) is 0 Å². The summed E-state index contributed by atoms with van der Waals surface area (Å²) in [5.74, 6) is 0. The third kappa shape index (κ3) is 6.53. The lowest BCUT2D eigenvalue weighted by Gasteiger charge is -2.05. The van der Waals surface area contributed by atoms with Gasteiger partial charge < -0.3 is 10.1 Å². The van der Waals surface area contributed by atoms with Crippen molar-refractivity contribution in [3.63, 3.8) is 0 Å². The van der Waals surface area contributed by atoms with Gasteiger partial charge in [-0.25, -0.2) is 0 Å². The molecule has 1 rings (SSSR count). The van der Waals surface area contributed by atoms with Crippen molar-refractivity contribution in [3.05, 3.63) is 30.1 Å². The lowest BCUT2D eigenvalue weighted by Crippen LogP contribution is -2.19. The first kappa shape index (κ1) is 13.1. The zero-order valence-electron chi connectivity index (χ0n) is 10.1. The van der Waals surface area contributed by atoms with Gasteiger partial charge in [-0.3, -0.25) is 4.98 Å². The van der Waals surface area contributed by atoms with Gasteiger partial charge in [0.2, 0.25) is 0 Å². The monoisotopic (exact) mass is 222 g/mol. The van der Waals surface area contributed by atoms with E-state index in [1.165, 1.54) is 24.8 Å². The van der Waals surface area contributed by atoms with Crippen molar-refractivity contribution < 1.29 is 4.74 Å². The maximum Gasteiger partial charge on any atom is 0.0591 e. The van der Waals surface area contributed by atoms with Gasteiger partial charge >= 0.3 is 0 Å². The average molecular weight is 222 g/mol. The van der Waals surface area contributed by atoms with Gasteiger partial charge in [-0.15, -0.1) is 0 Å². The van der Waals surface area contributed by atoms with E-state index in [2.05, 4.69) is 23.3 Å². The summed E-state index contributed by atoms with van der Waals surface area (Å²) in [6.07, 6.45) is 7.38. The van der Waals surface area contributed by atoms with Gasteiger partial charge in [-0.05, 0) is 18.1 Å². The van der Waals surface area contributed by atoms with E-state index in [0.717, 1.165) is 26.3 Å². The quantitative estimate of drug-likeness (QED) is 0.651. The molecular weight excluding hydrogens is 200 g/mol. The van der Waals surface area contributed by atoms with Crippen molar-refractivity contribution in [2.24, 2.45) is 0 Å². The van der Waals surface area contributed by atoms with Gasteiger partial charge in [0.05, 0.1) is 6.61 Å². The van der Waals surface area contributed by atoms with Crippen LogP contribution in [0, 0.1) is 0 Å². The topological polar surface area (TPSA) is 34.1 Å². The van der Waals surface area contributed by atoms with Crippen molar-refractivity contribution in [3.8, 4) is 0 Å². The maximum atomic E-state index is 5.50. The van der Waals surface area contributed by atoms with Gasteiger partial charge in [-0.2, -0.15) is 0 Å². The van der Waals surface area contributed by atoms with Gasteiger partial charge in [0.1, 0.15) is 0 Å². The van der Waals surface area contributed by atoms with Crippen LogP contribution in [-0.2, 0) is 11.3 Å². The first-order valence-electron chi connectivity index (χ1n) is 6.11. The minimum Gasteiger partial charge on any atom is -0.380 e. The van der Waals surface area contributed by atoms with Crippen molar-refractivity contribution in [2.45, 2.75) is 32.7 Å². The molecule has 0 aliphatic rings. The summed E-state index contributed by atoms with van der Waals surface area (Å²) in [6.45, 7) is 5.66. The van der Waals surface area contributed by atoms with Gasteiger partial charge in [0.25, 0.3) is 0 Å². The third-order valence-corrected chi connectivity index (χ3v) is 2.37. The molecule has 90 valence electrons. The molecule has 0 aliphatic heterocycles. The molecule has 0 aromatic carbocycles. The molecule has 0 aliphatic carbocycles. The van der Waals surface area contributed by atoms with E-state index in [0.29, 0.717) is 0 Å². The number of ether oxygens (including phenoxy) is 1. The minimum absolute atomic E-state index is 0.796. The summed E-state index contributed by atoms with van der Waals surface area (Å²) >= 11 is 0. The number of aromatic nitrogens is 1. The number of unbranched alkanes of at least 4 members (excludes halogenated alkanes) is 2. The van der Waals surface area contributed by atoms with Crippen LogP contribution < -0.4 is 5.32 Å². The Bertz CT molecular complexity index is 251. The first-order chi connectivity index (χ1) is 7.93. The lowest BCUT2D eigenvalue weighted by atomic mass is 10.3. The first-order valence-corrected chi connectivity index (χ1v) is 6.11. The molecule has 3 heteroatoms. The zero-order chi connectivity index (χ0) is 11.5. The standard InChI is InChI=1S/C13H22N2O/c1-2-3-4-9-16-10-8-15-12-13-6-5-7-14-11-13/h5-7,11,15H,2-4,8-10,12H2,1H3. The van der Waals surface area contributed by atoms with Crippen LogP contribution in [0.2, 0.25) is 0 Å². The van der Waals surface area contributed by atoms with E-state index in [1.807, 2.05) is 12.3 Å². The fraction of sp³-hybridized carbons (Fsp3) is 0.615. The molecule has 0 saturated carbocycles. The molecule has 0 atom stereocenters. The van der Waals surface area contributed by atoms with Crippen LogP contribution in [0.3, 0.4) is 0 Å². The van der Waals surface area contributed by atoms with Crippen LogP contribution in [0.1, 0.15) is 31.7 Å². The van der Waals surface area contributed by atoms with Crippen LogP contribution in [0.15, 0.2) is 24.5 Å². The normalized spacial score (nSPS) is 10.6. The highest BCUT2D eigenvalue weighted by atomic mass is 16.5. The van der Waals surface area contributed by atoms with Crippen LogP contribution in [-0.4, -0.2) is 24.7 Å². The highest BCUT2D eigenvalue weighted by Gasteiger charge is 1.92.